The maximum absolute atomic E-state index is 13.1. The molecule has 1 aliphatic rings. The number of benzene rings is 2. The summed E-state index contributed by atoms with van der Waals surface area (Å²) < 4.78 is 12.3. The number of carbonyl (C=O) groups excluding carboxylic acids is 2. The highest BCUT2D eigenvalue weighted by molar-refractivity contribution is 7.21. The third kappa shape index (κ3) is 4.41. The van der Waals surface area contributed by atoms with E-state index in [1.807, 2.05) is 24.3 Å². The number of aliphatic hydroxyl groups is 1. The minimum Gasteiger partial charge on any atom is -0.497 e. The molecule has 0 unspecified atom stereocenters. The summed E-state index contributed by atoms with van der Waals surface area (Å²) >= 11 is 1.39. The SMILES string of the molecule is COc1cccc(C(=O)N2CCO[C@@H](c3c(C(=O)NCCO)sc4ccccc34)C2)c1. The Hall–Kier alpha value is -2.94. The molecule has 1 aromatic heterocycles. The first-order valence-corrected chi connectivity index (χ1v) is 10.9. The average Bonchev–Trinajstić information content (AvgIpc) is 3.22. The van der Waals surface area contributed by atoms with Crippen LogP contribution >= 0.6 is 11.3 Å². The highest BCUT2D eigenvalue weighted by Gasteiger charge is 2.31. The summed E-state index contributed by atoms with van der Waals surface area (Å²) in [5.74, 6) is 0.283. The number of morpholine rings is 1. The van der Waals surface area contributed by atoms with Gasteiger partial charge in [-0.05, 0) is 29.7 Å². The van der Waals surface area contributed by atoms with Gasteiger partial charge in [-0.25, -0.2) is 0 Å². The lowest BCUT2D eigenvalue weighted by atomic mass is 10.0. The lowest BCUT2D eigenvalue weighted by molar-refractivity contribution is -0.0222. The minimum atomic E-state index is -0.422. The van der Waals surface area contributed by atoms with Crippen LogP contribution in [-0.2, 0) is 4.74 Å². The van der Waals surface area contributed by atoms with Crippen LogP contribution in [-0.4, -0.2) is 61.8 Å². The molecule has 1 aliphatic heterocycles. The normalized spacial score (nSPS) is 16.3. The van der Waals surface area contributed by atoms with Crippen LogP contribution in [0.15, 0.2) is 48.5 Å². The Morgan fingerprint density at radius 2 is 2.10 bits per heavy atom. The van der Waals surface area contributed by atoms with E-state index >= 15 is 0 Å². The van der Waals surface area contributed by atoms with E-state index in [-0.39, 0.29) is 25.0 Å². The summed E-state index contributed by atoms with van der Waals surface area (Å²) in [4.78, 5) is 28.2. The Labute approximate surface area is 184 Å². The van der Waals surface area contributed by atoms with Crippen LogP contribution in [0.4, 0.5) is 0 Å². The number of rotatable bonds is 6. The number of hydrogen-bond acceptors (Lipinski definition) is 6. The van der Waals surface area contributed by atoms with Gasteiger partial charge < -0.3 is 24.8 Å². The molecule has 1 atom stereocenters. The second-order valence-corrected chi connectivity index (χ2v) is 8.22. The molecule has 2 heterocycles. The number of ether oxygens (including phenoxy) is 2. The van der Waals surface area contributed by atoms with Crippen molar-refractivity contribution >= 4 is 33.2 Å². The first kappa shape index (κ1) is 21.3. The summed E-state index contributed by atoms with van der Waals surface area (Å²) in [5, 5.41) is 12.8. The number of fused-ring (bicyclic) bond motifs is 1. The molecule has 0 bridgehead atoms. The van der Waals surface area contributed by atoms with Crippen LogP contribution in [0, 0.1) is 0 Å². The maximum atomic E-state index is 13.1. The number of hydrogen-bond donors (Lipinski definition) is 2. The molecule has 31 heavy (non-hydrogen) atoms. The molecule has 1 saturated heterocycles. The number of nitrogens with zero attached hydrogens (tertiary/aromatic N) is 1. The molecule has 2 aromatic carbocycles. The van der Waals surface area contributed by atoms with E-state index in [0.29, 0.717) is 35.9 Å². The molecule has 7 nitrogen and oxygen atoms in total. The van der Waals surface area contributed by atoms with Gasteiger partial charge in [-0.2, -0.15) is 0 Å². The molecule has 162 valence electrons. The fraction of sp³-hybridized carbons (Fsp3) is 0.304. The summed E-state index contributed by atoms with van der Waals surface area (Å²) in [7, 11) is 1.57. The second-order valence-electron chi connectivity index (χ2n) is 7.16. The van der Waals surface area contributed by atoms with Gasteiger partial charge in [0.25, 0.3) is 11.8 Å². The van der Waals surface area contributed by atoms with E-state index < -0.39 is 6.10 Å². The summed E-state index contributed by atoms with van der Waals surface area (Å²) in [6.45, 7) is 1.24. The van der Waals surface area contributed by atoms with Crippen LogP contribution in [0.25, 0.3) is 10.1 Å². The van der Waals surface area contributed by atoms with Gasteiger partial charge in [0.15, 0.2) is 0 Å². The predicted molar refractivity (Wildman–Crippen MR) is 119 cm³/mol. The van der Waals surface area contributed by atoms with Gasteiger partial charge in [0.1, 0.15) is 11.9 Å². The van der Waals surface area contributed by atoms with Crippen LogP contribution in [0.1, 0.15) is 31.7 Å². The topological polar surface area (TPSA) is 88.1 Å². The van der Waals surface area contributed by atoms with Crippen molar-refractivity contribution in [2.45, 2.75) is 6.10 Å². The Bertz CT molecular complexity index is 1100. The molecule has 0 spiro atoms. The van der Waals surface area contributed by atoms with Crippen molar-refractivity contribution in [3.63, 3.8) is 0 Å². The van der Waals surface area contributed by atoms with E-state index in [1.54, 1.807) is 36.3 Å². The van der Waals surface area contributed by atoms with Crippen LogP contribution in [0.3, 0.4) is 0 Å². The lowest BCUT2D eigenvalue weighted by Gasteiger charge is -2.33. The largest absolute Gasteiger partial charge is 0.497 e. The van der Waals surface area contributed by atoms with Gasteiger partial charge in [-0.3, -0.25) is 9.59 Å². The van der Waals surface area contributed by atoms with Gasteiger partial charge in [-0.15, -0.1) is 11.3 Å². The molecule has 0 saturated carbocycles. The van der Waals surface area contributed by atoms with Crippen molar-refractivity contribution in [3.05, 3.63) is 64.5 Å². The first-order valence-electron chi connectivity index (χ1n) is 10.1. The Morgan fingerprint density at radius 3 is 2.90 bits per heavy atom. The summed E-state index contributed by atoms with van der Waals surface area (Å²) in [5.41, 5.74) is 1.34. The highest BCUT2D eigenvalue weighted by atomic mass is 32.1. The Kier molecular flexibility index (Phi) is 6.50. The van der Waals surface area contributed by atoms with E-state index in [2.05, 4.69) is 5.32 Å². The van der Waals surface area contributed by atoms with E-state index in [9.17, 15) is 9.59 Å². The van der Waals surface area contributed by atoms with Gasteiger partial charge in [0.2, 0.25) is 0 Å². The van der Waals surface area contributed by atoms with Gasteiger partial charge in [0, 0.05) is 28.9 Å². The van der Waals surface area contributed by atoms with Crippen LogP contribution in [0.5, 0.6) is 5.75 Å². The molecular formula is C23H24N2O5S. The monoisotopic (exact) mass is 440 g/mol. The third-order valence-electron chi connectivity index (χ3n) is 5.23. The fourth-order valence-corrected chi connectivity index (χ4v) is 4.92. The van der Waals surface area contributed by atoms with Crippen molar-refractivity contribution < 1.29 is 24.2 Å². The Morgan fingerprint density at radius 1 is 1.26 bits per heavy atom. The number of aliphatic hydroxyl groups excluding tert-OH is 1. The quantitative estimate of drug-likeness (QED) is 0.615. The van der Waals surface area contributed by atoms with Crippen molar-refractivity contribution in [3.8, 4) is 5.75 Å². The van der Waals surface area contributed by atoms with E-state index in [0.717, 1.165) is 15.6 Å². The second kappa shape index (κ2) is 9.47. The molecule has 4 rings (SSSR count). The number of thiophene rings is 1. The molecule has 2 amide bonds. The standard InChI is InChI=1S/C23H24N2O5S/c1-29-16-6-4-5-15(13-16)23(28)25-10-12-30-18(14-25)20-17-7-2-3-8-19(17)31-21(20)22(27)24-9-11-26/h2-8,13,18,26H,9-12,14H2,1H3,(H,24,27)/t18-/m1/s1. The lowest BCUT2D eigenvalue weighted by Crippen LogP contribution is -2.42. The number of carbonyl (C=O) groups is 2. The molecule has 1 fully saturated rings. The zero-order valence-electron chi connectivity index (χ0n) is 17.2. The minimum absolute atomic E-state index is 0.0991. The van der Waals surface area contributed by atoms with Crippen molar-refractivity contribution in [1.82, 2.24) is 10.2 Å². The predicted octanol–water partition coefficient (Wildman–Crippen LogP) is 2.85. The number of nitrogens with one attached hydrogen (secondary N) is 1. The zero-order valence-corrected chi connectivity index (χ0v) is 18.0. The molecular weight excluding hydrogens is 416 g/mol. The first-order chi connectivity index (χ1) is 15.1. The van der Waals surface area contributed by atoms with Crippen LogP contribution < -0.4 is 10.1 Å². The van der Waals surface area contributed by atoms with E-state index in [1.165, 1.54) is 11.3 Å². The average molecular weight is 441 g/mol. The van der Waals surface area contributed by atoms with E-state index in [4.69, 9.17) is 14.6 Å². The smallest absolute Gasteiger partial charge is 0.261 e. The number of amides is 2. The fourth-order valence-electron chi connectivity index (χ4n) is 3.75. The molecule has 2 N–H and O–H groups in total. The summed E-state index contributed by atoms with van der Waals surface area (Å²) in [6.07, 6.45) is -0.422. The highest BCUT2D eigenvalue weighted by Crippen LogP contribution is 2.38. The van der Waals surface area contributed by atoms with Crippen LogP contribution in [0.2, 0.25) is 0 Å². The zero-order chi connectivity index (χ0) is 21.8. The maximum Gasteiger partial charge on any atom is 0.261 e. The van der Waals surface area contributed by atoms with Gasteiger partial charge in [-0.1, -0.05) is 24.3 Å². The van der Waals surface area contributed by atoms with Crippen molar-refractivity contribution in [1.29, 1.82) is 0 Å². The van der Waals surface area contributed by atoms with Gasteiger partial charge >= 0.3 is 0 Å². The third-order valence-corrected chi connectivity index (χ3v) is 6.42. The van der Waals surface area contributed by atoms with Gasteiger partial charge in [0.05, 0.1) is 31.7 Å². The molecule has 0 aliphatic carbocycles. The van der Waals surface area contributed by atoms with Crippen molar-refractivity contribution in [2.75, 3.05) is 40.0 Å². The molecule has 0 radical (unpaired) electrons. The van der Waals surface area contributed by atoms with Crippen molar-refractivity contribution in [2.24, 2.45) is 0 Å². The number of methoxy groups -OCH3 is 1. The molecule has 3 aromatic rings. The molecule has 8 heteroatoms. The Balaban J connectivity index is 1.64. The summed E-state index contributed by atoms with van der Waals surface area (Å²) in [6, 6.07) is 14.9.